The van der Waals surface area contributed by atoms with Crippen molar-refractivity contribution in [3.63, 3.8) is 0 Å². The fourth-order valence-electron chi connectivity index (χ4n) is 2.77. The van der Waals surface area contributed by atoms with Crippen molar-refractivity contribution in [3.8, 4) is 0 Å². The summed E-state index contributed by atoms with van der Waals surface area (Å²) in [6.07, 6.45) is 4.78. The van der Waals surface area contributed by atoms with Crippen molar-refractivity contribution in [2.45, 2.75) is 44.7 Å². The SMILES string of the molecule is CC1CCC(N(C)CC(=O)N2CCCC2)CN1. The number of likely N-dealkylation sites (N-methyl/N-ethyl adjacent to an activating group) is 1. The highest BCUT2D eigenvalue weighted by atomic mass is 16.2. The largest absolute Gasteiger partial charge is 0.342 e. The number of nitrogens with zero attached hydrogens (tertiary/aromatic N) is 2. The third-order valence-corrected chi connectivity index (χ3v) is 4.10. The van der Waals surface area contributed by atoms with Gasteiger partial charge in [0.15, 0.2) is 0 Å². The van der Waals surface area contributed by atoms with E-state index in [1.807, 2.05) is 4.90 Å². The van der Waals surface area contributed by atoms with E-state index in [4.69, 9.17) is 0 Å². The summed E-state index contributed by atoms with van der Waals surface area (Å²) in [4.78, 5) is 16.3. The predicted octanol–water partition coefficient (Wildman–Crippen LogP) is 0.681. The molecule has 2 unspecified atom stereocenters. The van der Waals surface area contributed by atoms with Crippen LogP contribution in [0.1, 0.15) is 32.6 Å². The van der Waals surface area contributed by atoms with Crippen LogP contribution in [0.25, 0.3) is 0 Å². The van der Waals surface area contributed by atoms with Crippen molar-refractivity contribution in [2.24, 2.45) is 0 Å². The average molecular weight is 239 g/mol. The van der Waals surface area contributed by atoms with E-state index in [1.54, 1.807) is 0 Å². The van der Waals surface area contributed by atoms with Gasteiger partial charge in [-0.3, -0.25) is 9.69 Å². The second-order valence-corrected chi connectivity index (χ2v) is 5.54. The molecule has 0 saturated carbocycles. The topological polar surface area (TPSA) is 35.6 Å². The second-order valence-electron chi connectivity index (χ2n) is 5.54. The summed E-state index contributed by atoms with van der Waals surface area (Å²) in [5.41, 5.74) is 0. The van der Waals surface area contributed by atoms with Crippen LogP contribution in [0.3, 0.4) is 0 Å². The van der Waals surface area contributed by atoms with Crippen LogP contribution in [0, 0.1) is 0 Å². The standard InChI is InChI=1S/C13H25N3O/c1-11-5-6-12(9-14-11)15(2)10-13(17)16-7-3-4-8-16/h11-12,14H,3-10H2,1-2H3. The van der Waals surface area contributed by atoms with Gasteiger partial charge in [-0.15, -0.1) is 0 Å². The Morgan fingerprint density at radius 3 is 2.65 bits per heavy atom. The van der Waals surface area contributed by atoms with Crippen LogP contribution in [-0.4, -0.2) is 61.0 Å². The number of carbonyl (C=O) groups is 1. The molecule has 2 saturated heterocycles. The fraction of sp³-hybridized carbons (Fsp3) is 0.923. The molecule has 4 nitrogen and oxygen atoms in total. The van der Waals surface area contributed by atoms with Gasteiger partial charge in [-0.25, -0.2) is 0 Å². The molecule has 2 fully saturated rings. The van der Waals surface area contributed by atoms with Gasteiger partial charge in [0.25, 0.3) is 0 Å². The van der Waals surface area contributed by atoms with E-state index in [0.29, 0.717) is 24.5 Å². The van der Waals surface area contributed by atoms with Gasteiger partial charge >= 0.3 is 0 Å². The monoisotopic (exact) mass is 239 g/mol. The third kappa shape index (κ3) is 3.42. The van der Waals surface area contributed by atoms with Crippen LogP contribution in [0.4, 0.5) is 0 Å². The maximum atomic E-state index is 12.0. The van der Waals surface area contributed by atoms with E-state index >= 15 is 0 Å². The predicted molar refractivity (Wildman–Crippen MR) is 68.9 cm³/mol. The van der Waals surface area contributed by atoms with Crippen molar-refractivity contribution in [2.75, 3.05) is 33.2 Å². The summed E-state index contributed by atoms with van der Waals surface area (Å²) < 4.78 is 0. The lowest BCUT2D eigenvalue weighted by atomic mass is 10.0. The summed E-state index contributed by atoms with van der Waals surface area (Å²) in [5, 5.41) is 3.49. The zero-order chi connectivity index (χ0) is 12.3. The molecule has 0 spiro atoms. The van der Waals surface area contributed by atoms with E-state index in [0.717, 1.165) is 19.6 Å². The van der Waals surface area contributed by atoms with Crippen molar-refractivity contribution in [3.05, 3.63) is 0 Å². The molecule has 17 heavy (non-hydrogen) atoms. The molecule has 0 radical (unpaired) electrons. The summed E-state index contributed by atoms with van der Waals surface area (Å²) in [7, 11) is 2.08. The molecule has 4 heteroatoms. The Morgan fingerprint density at radius 1 is 1.35 bits per heavy atom. The normalized spacial score (nSPS) is 29.9. The quantitative estimate of drug-likeness (QED) is 0.787. The first-order valence-corrected chi connectivity index (χ1v) is 6.88. The molecule has 0 aromatic carbocycles. The Morgan fingerprint density at radius 2 is 2.06 bits per heavy atom. The van der Waals surface area contributed by atoms with Crippen LogP contribution in [0.15, 0.2) is 0 Å². The lowest BCUT2D eigenvalue weighted by Gasteiger charge is -2.34. The minimum atomic E-state index is 0.309. The van der Waals surface area contributed by atoms with E-state index in [9.17, 15) is 4.79 Å². The summed E-state index contributed by atoms with van der Waals surface area (Å²) in [5.74, 6) is 0.309. The van der Waals surface area contributed by atoms with Crippen LogP contribution < -0.4 is 5.32 Å². The third-order valence-electron chi connectivity index (χ3n) is 4.10. The number of hydrogen-bond donors (Lipinski definition) is 1. The van der Waals surface area contributed by atoms with Gasteiger partial charge in [-0.1, -0.05) is 0 Å². The number of piperidine rings is 1. The van der Waals surface area contributed by atoms with Gasteiger partial charge in [0.05, 0.1) is 6.54 Å². The molecule has 1 amide bonds. The van der Waals surface area contributed by atoms with Crippen molar-refractivity contribution < 1.29 is 4.79 Å². The molecule has 2 atom stereocenters. The van der Waals surface area contributed by atoms with E-state index < -0.39 is 0 Å². The van der Waals surface area contributed by atoms with Gasteiger partial charge < -0.3 is 10.2 Å². The van der Waals surface area contributed by atoms with E-state index in [2.05, 4.69) is 24.2 Å². The first-order valence-electron chi connectivity index (χ1n) is 6.88. The summed E-state index contributed by atoms with van der Waals surface area (Å²) in [6.45, 7) is 5.76. The average Bonchev–Trinajstić information content (AvgIpc) is 2.83. The molecular weight excluding hydrogens is 214 g/mol. The van der Waals surface area contributed by atoms with Gasteiger partial charge in [0.1, 0.15) is 0 Å². The summed E-state index contributed by atoms with van der Waals surface area (Å²) >= 11 is 0. The molecule has 1 N–H and O–H groups in total. The van der Waals surface area contributed by atoms with Gasteiger partial charge in [0, 0.05) is 31.7 Å². The zero-order valence-corrected chi connectivity index (χ0v) is 11.1. The second kappa shape index (κ2) is 5.83. The van der Waals surface area contributed by atoms with Gasteiger partial charge in [-0.05, 0) is 39.7 Å². The Balaban J connectivity index is 1.76. The minimum Gasteiger partial charge on any atom is -0.342 e. The Bertz CT molecular complexity index is 255. The molecule has 2 rings (SSSR count). The number of likely N-dealkylation sites (tertiary alicyclic amines) is 1. The molecule has 2 aliphatic rings. The lowest BCUT2D eigenvalue weighted by molar-refractivity contribution is -0.131. The van der Waals surface area contributed by atoms with Crippen molar-refractivity contribution >= 4 is 5.91 Å². The van der Waals surface area contributed by atoms with Gasteiger partial charge in [-0.2, -0.15) is 0 Å². The van der Waals surface area contributed by atoms with Gasteiger partial charge in [0.2, 0.25) is 5.91 Å². The first-order chi connectivity index (χ1) is 8.16. The van der Waals surface area contributed by atoms with Crippen molar-refractivity contribution in [1.29, 1.82) is 0 Å². The lowest BCUT2D eigenvalue weighted by Crippen LogP contribution is -2.50. The molecule has 0 aliphatic carbocycles. The van der Waals surface area contributed by atoms with Crippen LogP contribution in [0.2, 0.25) is 0 Å². The van der Waals surface area contributed by atoms with E-state index in [1.165, 1.54) is 25.7 Å². The number of carbonyl (C=O) groups excluding carboxylic acids is 1. The molecule has 0 aromatic heterocycles. The number of hydrogen-bond acceptors (Lipinski definition) is 3. The molecular formula is C13H25N3O. The maximum absolute atomic E-state index is 12.0. The van der Waals surface area contributed by atoms with Crippen molar-refractivity contribution in [1.82, 2.24) is 15.1 Å². The molecule has 2 aliphatic heterocycles. The summed E-state index contributed by atoms with van der Waals surface area (Å²) in [6, 6.07) is 1.16. The van der Waals surface area contributed by atoms with E-state index in [-0.39, 0.29) is 0 Å². The highest BCUT2D eigenvalue weighted by Gasteiger charge is 2.25. The highest BCUT2D eigenvalue weighted by Crippen LogP contribution is 2.13. The zero-order valence-electron chi connectivity index (χ0n) is 11.1. The fourth-order valence-corrected chi connectivity index (χ4v) is 2.77. The molecule has 0 aromatic rings. The van der Waals surface area contributed by atoms with Crippen LogP contribution in [0.5, 0.6) is 0 Å². The Labute approximate surface area is 104 Å². The molecule has 98 valence electrons. The molecule has 2 heterocycles. The highest BCUT2D eigenvalue weighted by molar-refractivity contribution is 5.78. The Kier molecular flexibility index (Phi) is 4.40. The molecule has 0 bridgehead atoms. The first kappa shape index (κ1) is 12.8. The van der Waals surface area contributed by atoms with Crippen LogP contribution >= 0.6 is 0 Å². The Hall–Kier alpha value is -0.610. The maximum Gasteiger partial charge on any atom is 0.236 e. The number of amides is 1. The number of rotatable bonds is 3. The number of nitrogens with one attached hydrogen (secondary N) is 1. The van der Waals surface area contributed by atoms with Crippen LogP contribution in [-0.2, 0) is 4.79 Å². The minimum absolute atomic E-state index is 0.309. The smallest absolute Gasteiger partial charge is 0.236 e.